The van der Waals surface area contributed by atoms with Crippen LogP contribution in [0.15, 0.2) is 0 Å². The van der Waals surface area contributed by atoms with Crippen LogP contribution >= 0.6 is 0 Å². The first-order chi connectivity index (χ1) is 6.58. The molecule has 0 N–H and O–H groups in total. The molecule has 5 heteroatoms. The molecule has 0 aliphatic heterocycles. The summed E-state index contributed by atoms with van der Waals surface area (Å²) in [6, 6.07) is 0. The van der Waals surface area contributed by atoms with Crippen molar-refractivity contribution in [3.05, 3.63) is 0 Å². The molecular formula is C9H17O4S-. The van der Waals surface area contributed by atoms with Crippen molar-refractivity contribution in [3.8, 4) is 0 Å². The third-order valence-electron chi connectivity index (χ3n) is 2.56. The van der Waals surface area contributed by atoms with Crippen LogP contribution in [0, 0.1) is 5.92 Å². The molecule has 0 bridgehead atoms. The van der Waals surface area contributed by atoms with Crippen LogP contribution in [-0.4, -0.2) is 31.9 Å². The highest BCUT2D eigenvalue weighted by Crippen LogP contribution is 2.23. The second-order valence-corrected chi connectivity index (χ2v) is 5.36. The molecule has 0 amide bonds. The van der Waals surface area contributed by atoms with E-state index in [1.165, 1.54) is 32.1 Å². The summed E-state index contributed by atoms with van der Waals surface area (Å²) in [4.78, 5) is 0. The van der Waals surface area contributed by atoms with Crippen molar-refractivity contribution in [2.24, 2.45) is 5.92 Å². The van der Waals surface area contributed by atoms with Crippen LogP contribution in [0.2, 0.25) is 0 Å². The minimum absolute atomic E-state index is 0.0440. The van der Waals surface area contributed by atoms with E-state index in [2.05, 4.69) is 0 Å². The van der Waals surface area contributed by atoms with E-state index < -0.39 is 15.9 Å². The van der Waals surface area contributed by atoms with E-state index in [0.29, 0.717) is 12.5 Å². The highest BCUT2D eigenvalue weighted by molar-refractivity contribution is 7.85. The predicted molar refractivity (Wildman–Crippen MR) is 52.0 cm³/mol. The van der Waals surface area contributed by atoms with Gasteiger partial charge in [0.15, 0.2) is 0 Å². The monoisotopic (exact) mass is 221 g/mol. The summed E-state index contributed by atoms with van der Waals surface area (Å²) in [6.45, 7) is 0.651. The lowest BCUT2D eigenvalue weighted by Gasteiger charge is -2.21. The maximum Gasteiger partial charge on any atom is 0.0968 e. The van der Waals surface area contributed by atoms with Gasteiger partial charge in [0.1, 0.15) is 0 Å². The molecule has 84 valence electrons. The maximum atomic E-state index is 10.2. The minimum atomic E-state index is -4.10. The van der Waals surface area contributed by atoms with Gasteiger partial charge in [-0.25, -0.2) is 8.42 Å². The zero-order valence-corrected chi connectivity index (χ0v) is 9.09. The van der Waals surface area contributed by atoms with Gasteiger partial charge in [-0.15, -0.1) is 0 Å². The Morgan fingerprint density at radius 1 is 1.21 bits per heavy atom. The van der Waals surface area contributed by atoms with E-state index in [4.69, 9.17) is 4.74 Å². The third-order valence-corrected chi connectivity index (χ3v) is 3.22. The van der Waals surface area contributed by atoms with Crippen LogP contribution in [0.5, 0.6) is 0 Å². The van der Waals surface area contributed by atoms with Crippen LogP contribution < -0.4 is 0 Å². The van der Waals surface area contributed by atoms with E-state index in [0.717, 1.165) is 0 Å². The van der Waals surface area contributed by atoms with Crippen molar-refractivity contribution in [2.75, 3.05) is 19.0 Å². The first-order valence-corrected chi connectivity index (χ1v) is 6.67. The number of ether oxygens (including phenoxy) is 1. The van der Waals surface area contributed by atoms with Crippen LogP contribution in [0.25, 0.3) is 0 Å². The Morgan fingerprint density at radius 3 is 2.43 bits per heavy atom. The van der Waals surface area contributed by atoms with Crippen molar-refractivity contribution in [3.63, 3.8) is 0 Å². The zero-order valence-electron chi connectivity index (χ0n) is 8.28. The summed E-state index contributed by atoms with van der Waals surface area (Å²) in [5.74, 6) is 0.165. The Hall–Kier alpha value is -0.130. The molecule has 0 unspecified atom stereocenters. The molecule has 0 spiro atoms. The highest BCUT2D eigenvalue weighted by atomic mass is 32.2. The standard InChI is InChI=1S/C9H18O4S/c10-14(11,12)7-6-13-8-9-4-2-1-3-5-9/h9H,1-8H2,(H,10,11,12)/p-1. The zero-order chi connectivity index (χ0) is 10.4. The lowest BCUT2D eigenvalue weighted by molar-refractivity contribution is 0.0953. The van der Waals surface area contributed by atoms with Crippen molar-refractivity contribution >= 4 is 10.1 Å². The fourth-order valence-electron chi connectivity index (χ4n) is 1.76. The SMILES string of the molecule is O=S(=O)([O-])CCOCC1CCCCC1. The molecule has 1 rings (SSSR count). The van der Waals surface area contributed by atoms with E-state index in [-0.39, 0.29) is 6.61 Å². The fourth-order valence-corrected chi connectivity index (χ4v) is 2.09. The van der Waals surface area contributed by atoms with Crippen molar-refractivity contribution in [1.82, 2.24) is 0 Å². The normalized spacial score (nSPS) is 19.8. The topological polar surface area (TPSA) is 66.4 Å². The third kappa shape index (κ3) is 5.57. The van der Waals surface area contributed by atoms with Crippen LogP contribution in [0.1, 0.15) is 32.1 Å². The Kier molecular flexibility index (Phi) is 4.84. The largest absolute Gasteiger partial charge is 0.748 e. The van der Waals surface area contributed by atoms with Gasteiger partial charge in [0.2, 0.25) is 0 Å². The number of hydrogen-bond acceptors (Lipinski definition) is 4. The molecule has 0 radical (unpaired) electrons. The van der Waals surface area contributed by atoms with Gasteiger partial charge in [-0.3, -0.25) is 0 Å². The molecule has 1 aliphatic rings. The van der Waals surface area contributed by atoms with E-state index in [1.54, 1.807) is 0 Å². The van der Waals surface area contributed by atoms with E-state index in [1.807, 2.05) is 0 Å². The van der Waals surface area contributed by atoms with Gasteiger partial charge < -0.3 is 9.29 Å². The smallest absolute Gasteiger partial charge is 0.0968 e. The van der Waals surface area contributed by atoms with Crippen molar-refractivity contribution in [2.45, 2.75) is 32.1 Å². The summed E-state index contributed by atoms with van der Waals surface area (Å²) in [5.41, 5.74) is 0. The quantitative estimate of drug-likeness (QED) is 0.515. The number of hydrogen-bond donors (Lipinski definition) is 0. The first kappa shape index (κ1) is 11.9. The lowest BCUT2D eigenvalue weighted by atomic mass is 9.90. The molecule has 1 fully saturated rings. The molecule has 14 heavy (non-hydrogen) atoms. The summed E-state index contributed by atoms with van der Waals surface area (Å²) >= 11 is 0. The van der Waals surface area contributed by atoms with E-state index >= 15 is 0 Å². The van der Waals surface area contributed by atoms with Crippen LogP contribution in [0.4, 0.5) is 0 Å². The second kappa shape index (κ2) is 5.68. The van der Waals surface area contributed by atoms with Gasteiger partial charge in [-0.1, -0.05) is 19.3 Å². The Labute approximate surface area is 85.4 Å². The van der Waals surface area contributed by atoms with Gasteiger partial charge >= 0.3 is 0 Å². The fraction of sp³-hybridized carbons (Fsp3) is 1.00. The average molecular weight is 221 g/mol. The van der Waals surface area contributed by atoms with Gasteiger partial charge in [-0.05, 0) is 18.8 Å². The summed E-state index contributed by atoms with van der Waals surface area (Å²) in [7, 11) is -4.10. The van der Waals surface area contributed by atoms with E-state index in [9.17, 15) is 13.0 Å². The lowest BCUT2D eigenvalue weighted by Crippen LogP contribution is -2.17. The predicted octanol–water partition coefficient (Wildman–Crippen LogP) is 1.13. The van der Waals surface area contributed by atoms with Crippen LogP contribution in [0.3, 0.4) is 0 Å². The molecule has 0 aromatic carbocycles. The Bertz CT molecular complexity index is 242. The molecule has 0 atom stereocenters. The summed E-state index contributed by atoms with van der Waals surface area (Å²) in [5, 5.41) is 0. The highest BCUT2D eigenvalue weighted by Gasteiger charge is 2.13. The molecular weight excluding hydrogens is 204 g/mol. The molecule has 1 aliphatic carbocycles. The molecule has 0 saturated heterocycles. The Morgan fingerprint density at radius 2 is 1.86 bits per heavy atom. The van der Waals surface area contributed by atoms with Crippen molar-refractivity contribution < 1.29 is 17.7 Å². The maximum absolute atomic E-state index is 10.2. The average Bonchev–Trinajstić information content (AvgIpc) is 2.13. The number of rotatable bonds is 5. The molecule has 4 nitrogen and oxygen atoms in total. The van der Waals surface area contributed by atoms with Crippen LogP contribution in [-0.2, 0) is 14.9 Å². The summed E-state index contributed by atoms with van der Waals surface area (Å²) in [6.07, 6.45) is 6.13. The molecule has 0 heterocycles. The van der Waals surface area contributed by atoms with Gasteiger partial charge in [-0.2, -0.15) is 0 Å². The summed E-state index contributed by atoms with van der Waals surface area (Å²) < 4.78 is 35.9. The molecule has 0 aromatic rings. The van der Waals surface area contributed by atoms with Gasteiger partial charge in [0.25, 0.3) is 0 Å². The van der Waals surface area contributed by atoms with Gasteiger partial charge in [0.05, 0.1) is 22.5 Å². The first-order valence-electron chi connectivity index (χ1n) is 5.09. The minimum Gasteiger partial charge on any atom is -0.748 e. The van der Waals surface area contributed by atoms with Crippen molar-refractivity contribution in [1.29, 1.82) is 0 Å². The molecule has 0 aromatic heterocycles. The Balaban J connectivity index is 2.03. The second-order valence-electron chi connectivity index (χ2n) is 3.84. The molecule has 1 saturated carbocycles. The van der Waals surface area contributed by atoms with Gasteiger partial charge in [0, 0.05) is 6.61 Å².